The third kappa shape index (κ3) is 3.48. The molecule has 18 heavy (non-hydrogen) atoms. The lowest BCUT2D eigenvalue weighted by molar-refractivity contribution is 0.270. The number of nitriles is 1. The lowest BCUT2D eigenvalue weighted by atomic mass is 9.87. The van der Waals surface area contributed by atoms with Crippen LogP contribution in [0.5, 0.6) is 0 Å². The molecule has 0 amide bonds. The molecule has 2 unspecified atom stereocenters. The van der Waals surface area contributed by atoms with Gasteiger partial charge in [0.15, 0.2) is 0 Å². The summed E-state index contributed by atoms with van der Waals surface area (Å²) in [4.78, 5) is 0. The Balaban J connectivity index is 1.94. The Morgan fingerprint density at radius 1 is 1.06 bits per heavy atom. The average molecular weight is 248 g/mol. The van der Waals surface area contributed by atoms with Crippen LogP contribution in [0.1, 0.15) is 77.6 Å². The van der Waals surface area contributed by atoms with Crippen molar-refractivity contribution in [3.63, 3.8) is 0 Å². The van der Waals surface area contributed by atoms with Crippen LogP contribution in [-0.2, 0) is 0 Å². The number of hydrogen-bond acceptors (Lipinski definition) is 2. The minimum absolute atomic E-state index is 0.202. The quantitative estimate of drug-likeness (QED) is 0.761. The second-order valence-electron chi connectivity index (χ2n) is 6.38. The molecule has 2 aliphatic carbocycles. The fourth-order valence-corrected chi connectivity index (χ4v) is 3.75. The summed E-state index contributed by atoms with van der Waals surface area (Å²) in [5.41, 5.74) is -0.202. The molecule has 2 rings (SSSR count). The smallest absolute Gasteiger partial charge is 0.106 e. The van der Waals surface area contributed by atoms with Gasteiger partial charge in [-0.25, -0.2) is 0 Å². The molecule has 0 radical (unpaired) electrons. The van der Waals surface area contributed by atoms with Crippen molar-refractivity contribution in [1.29, 1.82) is 5.26 Å². The summed E-state index contributed by atoms with van der Waals surface area (Å²) in [5.74, 6) is 0.855. The first-order chi connectivity index (χ1) is 8.78. The highest BCUT2D eigenvalue weighted by atomic mass is 15.0. The molecule has 0 aromatic rings. The van der Waals surface area contributed by atoms with E-state index in [9.17, 15) is 5.26 Å². The molecule has 0 aromatic heterocycles. The van der Waals surface area contributed by atoms with E-state index in [2.05, 4.69) is 18.3 Å². The number of rotatable bonds is 3. The lowest BCUT2D eigenvalue weighted by Gasteiger charge is -2.34. The van der Waals surface area contributed by atoms with Crippen molar-refractivity contribution < 1.29 is 0 Å². The molecule has 0 spiro atoms. The molecule has 0 aromatic carbocycles. The molecular weight excluding hydrogens is 220 g/mol. The monoisotopic (exact) mass is 248 g/mol. The molecule has 2 saturated carbocycles. The van der Waals surface area contributed by atoms with E-state index in [1.54, 1.807) is 0 Å². The normalized spacial score (nSPS) is 34.8. The first kappa shape index (κ1) is 13.9. The predicted octanol–water partition coefficient (Wildman–Crippen LogP) is 4.16. The van der Waals surface area contributed by atoms with E-state index in [4.69, 9.17) is 0 Å². The van der Waals surface area contributed by atoms with Gasteiger partial charge in [-0.15, -0.1) is 0 Å². The van der Waals surface area contributed by atoms with Crippen molar-refractivity contribution in [3.05, 3.63) is 0 Å². The van der Waals surface area contributed by atoms with Gasteiger partial charge in [0.05, 0.1) is 6.07 Å². The molecule has 2 heteroatoms. The molecule has 102 valence electrons. The number of nitrogens with one attached hydrogen (secondary N) is 1. The molecule has 1 N–H and O–H groups in total. The van der Waals surface area contributed by atoms with Gasteiger partial charge in [-0.1, -0.05) is 45.4 Å². The van der Waals surface area contributed by atoms with Crippen molar-refractivity contribution >= 4 is 0 Å². The van der Waals surface area contributed by atoms with Crippen LogP contribution in [0.25, 0.3) is 0 Å². The Kier molecular flexibility index (Phi) is 5.06. The predicted molar refractivity (Wildman–Crippen MR) is 75.2 cm³/mol. The van der Waals surface area contributed by atoms with E-state index in [1.807, 2.05) is 0 Å². The minimum Gasteiger partial charge on any atom is -0.297 e. The van der Waals surface area contributed by atoms with Crippen LogP contribution in [0.4, 0.5) is 0 Å². The molecule has 2 fully saturated rings. The van der Waals surface area contributed by atoms with Gasteiger partial charge in [0.25, 0.3) is 0 Å². The van der Waals surface area contributed by atoms with Crippen LogP contribution in [0.2, 0.25) is 0 Å². The van der Waals surface area contributed by atoms with Gasteiger partial charge >= 0.3 is 0 Å². The second kappa shape index (κ2) is 6.57. The molecule has 0 bridgehead atoms. The van der Waals surface area contributed by atoms with Gasteiger partial charge in [-0.2, -0.15) is 5.26 Å². The Morgan fingerprint density at radius 3 is 2.50 bits per heavy atom. The maximum atomic E-state index is 9.64. The zero-order valence-corrected chi connectivity index (χ0v) is 11.9. The largest absolute Gasteiger partial charge is 0.297 e. The third-order valence-corrected chi connectivity index (χ3v) is 5.07. The first-order valence-corrected chi connectivity index (χ1v) is 7.97. The van der Waals surface area contributed by atoms with Crippen LogP contribution >= 0.6 is 0 Å². The Bertz CT molecular complexity index is 288. The van der Waals surface area contributed by atoms with Crippen LogP contribution in [0.3, 0.4) is 0 Å². The van der Waals surface area contributed by atoms with E-state index < -0.39 is 0 Å². The van der Waals surface area contributed by atoms with Crippen LogP contribution < -0.4 is 5.32 Å². The van der Waals surface area contributed by atoms with E-state index >= 15 is 0 Å². The highest BCUT2D eigenvalue weighted by Gasteiger charge is 2.34. The van der Waals surface area contributed by atoms with Crippen molar-refractivity contribution in [3.8, 4) is 6.07 Å². The Labute approximate surface area is 112 Å². The fourth-order valence-electron chi connectivity index (χ4n) is 3.75. The first-order valence-electron chi connectivity index (χ1n) is 7.97. The van der Waals surface area contributed by atoms with Crippen LogP contribution in [0, 0.1) is 17.2 Å². The zero-order chi connectivity index (χ0) is 12.8. The molecule has 2 atom stereocenters. The summed E-state index contributed by atoms with van der Waals surface area (Å²) in [6.45, 7) is 2.29. The summed E-state index contributed by atoms with van der Waals surface area (Å²) < 4.78 is 0. The summed E-state index contributed by atoms with van der Waals surface area (Å²) in [6.07, 6.45) is 13.8. The summed E-state index contributed by atoms with van der Waals surface area (Å²) >= 11 is 0. The van der Waals surface area contributed by atoms with E-state index in [0.29, 0.717) is 6.04 Å². The highest BCUT2D eigenvalue weighted by Crippen LogP contribution is 2.33. The SMILES string of the molecule is CCC1CCCC(C#N)(NC2CCCCC2)CC1. The van der Waals surface area contributed by atoms with E-state index in [0.717, 1.165) is 18.8 Å². The second-order valence-corrected chi connectivity index (χ2v) is 6.38. The van der Waals surface area contributed by atoms with Gasteiger partial charge in [-0.05, 0) is 38.0 Å². The third-order valence-electron chi connectivity index (χ3n) is 5.07. The van der Waals surface area contributed by atoms with Gasteiger partial charge in [-0.3, -0.25) is 5.32 Å². The van der Waals surface area contributed by atoms with Gasteiger partial charge in [0.2, 0.25) is 0 Å². The van der Waals surface area contributed by atoms with Crippen LogP contribution in [-0.4, -0.2) is 11.6 Å². The maximum Gasteiger partial charge on any atom is 0.106 e. The van der Waals surface area contributed by atoms with E-state index in [-0.39, 0.29) is 5.54 Å². The summed E-state index contributed by atoms with van der Waals surface area (Å²) in [6, 6.07) is 3.25. The molecule has 0 saturated heterocycles. The maximum absolute atomic E-state index is 9.64. The van der Waals surface area contributed by atoms with Crippen molar-refractivity contribution in [2.45, 2.75) is 89.1 Å². The van der Waals surface area contributed by atoms with Crippen molar-refractivity contribution in [2.24, 2.45) is 5.92 Å². The van der Waals surface area contributed by atoms with Gasteiger partial charge in [0.1, 0.15) is 5.54 Å². The molecule has 0 heterocycles. The van der Waals surface area contributed by atoms with Crippen molar-refractivity contribution in [1.82, 2.24) is 5.32 Å². The van der Waals surface area contributed by atoms with Gasteiger partial charge < -0.3 is 0 Å². The Hall–Kier alpha value is -0.550. The summed E-state index contributed by atoms with van der Waals surface area (Å²) in [5, 5.41) is 13.4. The van der Waals surface area contributed by atoms with Crippen molar-refractivity contribution in [2.75, 3.05) is 0 Å². The topological polar surface area (TPSA) is 35.8 Å². The number of hydrogen-bond donors (Lipinski definition) is 1. The zero-order valence-electron chi connectivity index (χ0n) is 11.9. The average Bonchev–Trinajstić information content (AvgIpc) is 2.63. The molecule has 2 nitrogen and oxygen atoms in total. The minimum atomic E-state index is -0.202. The molecule has 2 aliphatic rings. The molecule has 0 aliphatic heterocycles. The van der Waals surface area contributed by atoms with Gasteiger partial charge in [0, 0.05) is 6.04 Å². The lowest BCUT2D eigenvalue weighted by Crippen LogP contribution is -2.49. The molecular formula is C16H28N2. The highest BCUT2D eigenvalue weighted by molar-refractivity contribution is 5.09. The summed E-state index contributed by atoms with van der Waals surface area (Å²) in [7, 11) is 0. The van der Waals surface area contributed by atoms with Crippen LogP contribution in [0.15, 0.2) is 0 Å². The number of nitrogens with zero attached hydrogens (tertiary/aromatic N) is 1. The Morgan fingerprint density at radius 2 is 1.83 bits per heavy atom. The standard InChI is InChI=1S/C16H28N2/c1-2-14-7-6-11-16(13-17,12-10-14)18-15-8-4-3-5-9-15/h14-15,18H,2-12H2,1H3. The van der Waals surface area contributed by atoms with E-state index in [1.165, 1.54) is 57.8 Å². The fraction of sp³-hybridized carbons (Fsp3) is 0.938.